The van der Waals surface area contributed by atoms with Gasteiger partial charge >= 0.3 is 0 Å². The Bertz CT molecular complexity index is 818. The third kappa shape index (κ3) is 4.16. The fourth-order valence-electron chi connectivity index (χ4n) is 4.33. The molecule has 2 aromatic carbocycles. The summed E-state index contributed by atoms with van der Waals surface area (Å²) in [6.07, 6.45) is 4.95. The molecule has 1 saturated heterocycles. The number of carbonyl (C=O) groups is 1. The average molecular weight is 364 g/mol. The Morgan fingerprint density at radius 2 is 2.00 bits per heavy atom. The number of fused-ring (bicyclic) bond motifs is 1. The van der Waals surface area contributed by atoms with Gasteiger partial charge in [0.15, 0.2) is 0 Å². The van der Waals surface area contributed by atoms with Crippen LogP contribution in [0.1, 0.15) is 41.5 Å². The van der Waals surface area contributed by atoms with Crippen LogP contribution < -0.4 is 10.1 Å². The van der Waals surface area contributed by atoms with Gasteiger partial charge in [-0.2, -0.15) is 0 Å². The van der Waals surface area contributed by atoms with Crippen molar-refractivity contribution in [3.8, 4) is 5.75 Å². The normalized spacial score (nSPS) is 19.2. The molecule has 27 heavy (non-hydrogen) atoms. The third-order valence-electron chi connectivity index (χ3n) is 5.79. The summed E-state index contributed by atoms with van der Waals surface area (Å²) in [4.78, 5) is 13.8. The zero-order chi connectivity index (χ0) is 18.6. The molecule has 0 aromatic heterocycles. The van der Waals surface area contributed by atoms with E-state index >= 15 is 0 Å². The molecule has 4 heteroatoms. The minimum absolute atomic E-state index is 0.287. The van der Waals surface area contributed by atoms with Crippen LogP contribution in [0.15, 0.2) is 42.5 Å². The molecular weight excluding hydrogens is 336 g/mol. The van der Waals surface area contributed by atoms with Crippen molar-refractivity contribution in [2.75, 3.05) is 13.7 Å². The molecule has 1 unspecified atom stereocenters. The number of ether oxygens (including phenoxy) is 1. The number of hydrogen-bond acceptors (Lipinski definition) is 3. The van der Waals surface area contributed by atoms with Gasteiger partial charge in [0.2, 0.25) is 5.91 Å². The first-order chi connectivity index (χ1) is 13.2. The van der Waals surface area contributed by atoms with Crippen molar-refractivity contribution in [3.05, 3.63) is 64.7 Å². The van der Waals surface area contributed by atoms with Crippen molar-refractivity contribution in [3.63, 3.8) is 0 Å². The number of methoxy groups -OCH3 is 1. The lowest BCUT2D eigenvalue weighted by Gasteiger charge is -2.27. The summed E-state index contributed by atoms with van der Waals surface area (Å²) >= 11 is 0. The summed E-state index contributed by atoms with van der Waals surface area (Å²) in [5.74, 6) is 1.31. The average Bonchev–Trinajstić information content (AvgIpc) is 3.10. The molecule has 4 nitrogen and oxygen atoms in total. The Labute approximate surface area is 161 Å². The second-order valence-corrected chi connectivity index (χ2v) is 7.66. The van der Waals surface area contributed by atoms with Crippen LogP contribution in [0.25, 0.3) is 0 Å². The van der Waals surface area contributed by atoms with Gasteiger partial charge in [-0.05, 0) is 54.0 Å². The number of nitrogens with one attached hydrogen (secondary N) is 1. The predicted octanol–water partition coefficient (Wildman–Crippen LogP) is 3.46. The van der Waals surface area contributed by atoms with E-state index in [-0.39, 0.29) is 5.91 Å². The molecule has 1 heterocycles. The molecule has 2 aliphatic rings. The first-order valence-electron chi connectivity index (χ1n) is 9.96. The van der Waals surface area contributed by atoms with E-state index in [4.69, 9.17) is 4.74 Å². The van der Waals surface area contributed by atoms with E-state index in [1.807, 2.05) is 4.90 Å². The predicted molar refractivity (Wildman–Crippen MR) is 107 cm³/mol. The fourth-order valence-corrected chi connectivity index (χ4v) is 4.33. The van der Waals surface area contributed by atoms with E-state index in [9.17, 15) is 4.79 Å². The molecule has 1 amide bonds. The van der Waals surface area contributed by atoms with Gasteiger partial charge < -0.3 is 15.0 Å². The fraction of sp³-hybridized carbons (Fsp3) is 0.435. The first kappa shape index (κ1) is 18.1. The number of hydrogen-bond donors (Lipinski definition) is 1. The van der Waals surface area contributed by atoms with Crippen LogP contribution in [0.4, 0.5) is 0 Å². The number of amides is 1. The maximum atomic E-state index is 11.8. The maximum Gasteiger partial charge on any atom is 0.222 e. The summed E-state index contributed by atoms with van der Waals surface area (Å²) in [5, 5.41) is 3.72. The van der Waals surface area contributed by atoms with Gasteiger partial charge in [-0.3, -0.25) is 4.79 Å². The lowest BCUT2D eigenvalue weighted by molar-refractivity contribution is -0.128. The van der Waals surface area contributed by atoms with Crippen molar-refractivity contribution in [2.24, 2.45) is 0 Å². The second-order valence-electron chi connectivity index (χ2n) is 7.66. The second kappa shape index (κ2) is 8.13. The highest BCUT2D eigenvalue weighted by atomic mass is 16.5. The molecule has 1 N–H and O–H groups in total. The summed E-state index contributed by atoms with van der Waals surface area (Å²) in [6, 6.07) is 15.5. The Balaban J connectivity index is 1.35. The standard InChI is InChI=1S/C23H28N2O2/c1-27-22-8-3-7-19-14-20(10-11-21(19)22)24-15-17-5-2-6-18(13-17)16-25-12-4-9-23(25)26/h2-3,5-8,13,20,24H,4,9-12,14-16H2,1H3. The van der Waals surface area contributed by atoms with E-state index in [0.717, 1.165) is 51.1 Å². The van der Waals surface area contributed by atoms with Crippen LogP contribution in [-0.4, -0.2) is 30.5 Å². The number of benzene rings is 2. The third-order valence-corrected chi connectivity index (χ3v) is 5.79. The van der Waals surface area contributed by atoms with Gasteiger partial charge in [0.25, 0.3) is 0 Å². The molecule has 1 aliphatic carbocycles. The SMILES string of the molecule is COc1cccc2c1CCC(NCc1cccc(CN3CCCC3=O)c1)C2. The van der Waals surface area contributed by atoms with Crippen LogP contribution in [0.5, 0.6) is 5.75 Å². The van der Waals surface area contributed by atoms with E-state index < -0.39 is 0 Å². The molecule has 1 atom stereocenters. The topological polar surface area (TPSA) is 41.6 Å². The van der Waals surface area contributed by atoms with Gasteiger partial charge in [0.05, 0.1) is 7.11 Å². The molecule has 0 radical (unpaired) electrons. The van der Waals surface area contributed by atoms with Crippen molar-refractivity contribution < 1.29 is 9.53 Å². The molecule has 0 spiro atoms. The van der Waals surface area contributed by atoms with Crippen molar-refractivity contribution in [1.29, 1.82) is 0 Å². The molecule has 0 saturated carbocycles. The van der Waals surface area contributed by atoms with Crippen LogP contribution in [0.3, 0.4) is 0 Å². The molecule has 2 aromatic rings. The minimum Gasteiger partial charge on any atom is -0.496 e. The largest absolute Gasteiger partial charge is 0.496 e. The first-order valence-corrected chi connectivity index (χ1v) is 9.96. The zero-order valence-electron chi connectivity index (χ0n) is 16.0. The lowest BCUT2D eigenvalue weighted by Crippen LogP contribution is -2.34. The van der Waals surface area contributed by atoms with Crippen LogP contribution in [0.2, 0.25) is 0 Å². The van der Waals surface area contributed by atoms with Gasteiger partial charge in [0.1, 0.15) is 5.75 Å². The van der Waals surface area contributed by atoms with Crippen molar-refractivity contribution in [2.45, 2.75) is 51.2 Å². The smallest absolute Gasteiger partial charge is 0.222 e. The van der Waals surface area contributed by atoms with Crippen LogP contribution in [0, 0.1) is 0 Å². The van der Waals surface area contributed by atoms with Crippen LogP contribution in [-0.2, 0) is 30.7 Å². The number of nitrogens with zero attached hydrogens (tertiary/aromatic N) is 1. The Kier molecular flexibility index (Phi) is 5.44. The van der Waals surface area contributed by atoms with Crippen LogP contribution >= 0.6 is 0 Å². The summed E-state index contributed by atoms with van der Waals surface area (Å²) in [7, 11) is 1.75. The van der Waals surface area contributed by atoms with Crippen molar-refractivity contribution >= 4 is 5.91 Å². The Morgan fingerprint density at radius 3 is 2.81 bits per heavy atom. The van der Waals surface area contributed by atoms with E-state index in [0.29, 0.717) is 12.5 Å². The molecule has 142 valence electrons. The molecule has 0 bridgehead atoms. The summed E-state index contributed by atoms with van der Waals surface area (Å²) in [6.45, 7) is 2.50. The maximum absolute atomic E-state index is 11.8. The van der Waals surface area contributed by atoms with E-state index in [2.05, 4.69) is 47.8 Å². The zero-order valence-corrected chi connectivity index (χ0v) is 16.0. The highest BCUT2D eigenvalue weighted by Gasteiger charge is 2.21. The van der Waals surface area contributed by atoms with E-state index in [1.54, 1.807) is 7.11 Å². The Hall–Kier alpha value is -2.33. The van der Waals surface area contributed by atoms with E-state index in [1.165, 1.54) is 22.3 Å². The summed E-state index contributed by atoms with van der Waals surface area (Å²) in [5.41, 5.74) is 5.29. The van der Waals surface area contributed by atoms with Gasteiger partial charge in [0, 0.05) is 32.1 Å². The highest BCUT2D eigenvalue weighted by Crippen LogP contribution is 2.29. The summed E-state index contributed by atoms with van der Waals surface area (Å²) < 4.78 is 5.50. The molecule has 1 aliphatic heterocycles. The number of likely N-dealkylation sites (tertiary alicyclic amines) is 1. The lowest BCUT2D eigenvalue weighted by atomic mass is 9.87. The Morgan fingerprint density at radius 1 is 1.15 bits per heavy atom. The highest BCUT2D eigenvalue weighted by molar-refractivity contribution is 5.78. The molecular formula is C23H28N2O2. The van der Waals surface area contributed by atoms with Gasteiger partial charge in [-0.25, -0.2) is 0 Å². The number of rotatable bonds is 6. The number of carbonyl (C=O) groups excluding carboxylic acids is 1. The quantitative estimate of drug-likeness (QED) is 0.853. The molecule has 1 fully saturated rings. The van der Waals surface area contributed by atoms with Gasteiger partial charge in [-0.15, -0.1) is 0 Å². The van der Waals surface area contributed by atoms with Crippen molar-refractivity contribution in [1.82, 2.24) is 10.2 Å². The van der Waals surface area contributed by atoms with Gasteiger partial charge in [-0.1, -0.05) is 36.4 Å². The monoisotopic (exact) mass is 364 g/mol. The minimum atomic E-state index is 0.287. The molecule has 4 rings (SSSR count).